The van der Waals surface area contributed by atoms with Crippen molar-refractivity contribution in [2.45, 2.75) is 71.1 Å². The van der Waals surface area contributed by atoms with Crippen molar-refractivity contribution in [2.75, 3.05) is 6.54 Å². The monoisotopic (exact) mass is 307 g/mol. The van der Waals surface area contributed by atoms with Gasteiger partial charge in [0, 0.05) is 18.7 Å². The van der Waals surface area contributed by atoms with Gasteiger partial charge < -0.3 is 10.4 Å². The second-order valence-electron chi connectivity index (χ2n) is 5.14. The molecule has 0 aromatic rings. The summed E-state index contributed by atoms with van der Waals surface area (Å²) in [4.78, 5) is 21.3. The molecule has 0 saturated carbocycles. The average molecular weight is 307 g/mol. The van der Waals surface area contributed by atoms with E-state index in [1.807, 2.05) is 0 Å². The zero-order valence-electron chi connectivity index (χ0n) is 12.7. The maximum atomic E-state index is 11.1. The van der Waals surface area contributed by atoms with Crippen LogP contribution in [0.4, 0.5) is 0 Å². The molecular formula is C16H30NNaO3. The zero-order valence-corrected chi connectivity index (χ0v) is 12.7. The molecule has 118 valence electrons. The van der Waals surface area contributed by atoms with E-state index in [-0.39, 0.29) is 35.5 Å². The van der Waals surface area contributed by atoms with Crippen LogP contribution in [0.25, 0.3) is 0 Å². The van der Waals surface area contributed by atoms with Gasteiger partial charge in [0.05, 0.1) is 0 Å². The first-order valence-electron chi connectivity index (χ1n) is 7.85. The molecule has 0 saturated heterocycles. The summed E-state index contributed by atoms with van der Waals surface area (Å²) < 4.78 is 0. The number of carboxylic acids is 1. The van der Waals surface area contributed by atoms with Gasteiger partial charge in [0.2, 0.25) is 5.91 Å². The number of amides is 1. The number of carboxylic acid groups (broad SMARTS) is 1. The molecule has 0 atom stereocenters. The van der Waals surface area contributed by atoms with Crippen LogP contribution in [0.1, 0.15) is 71.1 Å². The summed E-state index contributed by atoms with van der Waals surface area (Å²) in [6.45, 7) is 2.86. The Kier molecular flexibility index (Phi) is 19.4. The molecule has 0 spiro atoms. The van der Waals surface area contributed by atoms with Crippen molar-refractivity contribution in [1.29, 1.82) is 0 Å². The Labute approximate surface area is 151 Å². The molecule has 5 heteroatoms. The molecule has 0 fully saturated rings. The minimum atomic E-state index is -1.10. The molecule has 2 N–H and O–H groups in total. The normalized spacial score (nSPS) is 10.3. The van der Waals surface area contributed by atoms with E-state index in [1.54, 1.807) is 0 Å². The number of nitrogens with one attached hydrogen (secondary N) is 1. The standard InChI is InChI=1S/C16H29NO3.Na.H/c1-2-3-4-5-6-7-8-9-10-11-14-17-15(18)12-13-16(19)20;;/h12-13H,2-11,14H2,1H3,(H,17,18)(H,19,20);;/b13-12-;;. The van der Waals surface area contributed by atoms with E-state index in [2.05, 4.69) is 12.2 Å². The number of aliphatic carboxylic acids is 1. The van der Waals surface area contributed by atoms with Crippen molar-refractivity contribution < 1.29 is 14.7 Å². The van der Waals surface area contributed by atoms with Gasteiger partial charge in [-0.25, -0.2) is 4.79 Å². The molecule has 21 heavy (non-hydrogen) atoms. The van der Waals surface area contributed by atoms with Crippen molar-refractivity contribution in [3.8, 4) is 0 Å². The van der Waals surface area contributed by atoms with Crippen LogP contribution in [0.5, 0.6) is 0 Å². The molecule has 0 aliphatic carbocycles. The number of hydrogen-bond donors (Lipinski definition) is 2. The van der Waals surface area contributed by atoms with Crippen LogP contribution in [0.15, 0.2) is 12.2 Å². The maximum absolute atomic E-state index is 11.1. The van der Waals surface area contributed by atoms with Gasteiger partial charge in [-0.1, -0.05) is 64.7 Å². The molecular weight excluding hydrogens is 277 g/mol. The van der Waals surface area contributed by atoms with Crippen LogP contribution >= 0.6 is 0 Å². The van der Waals surface area contributed by atoms with E-state index in [9.17, 15) is 9.59 Å². The Bertz CT molecular complexity index is 293. The zero-order chi connectivity index (χ0) is 15.1. The summed E-state index contributed by atoms with van der Waals surface area (Å²) in [5.74, 6) is -1.43. The molecule has 0 aliphatic heterocycles. The molecule has 1 amide bonds. The van der Waals surface area contributed by atoms with E-state index < -0.39 is 5.97 Å². The number of carbonyl (C=O) groups is 2. The predicted molar refractivity (Wildman–Crippen MR) is 88.8 cm³/mol. The van der Waals surface area contributed by atoms with Gasteiger partial charge in [0.25, 0.3) is 0 Å². The molecule has 0 aromatic heterocycles. The molecule has 0 aliphatic rings. The molecule has 0 unspecified atom stereocenters. The Morgan fingerprint density at radius 2 is 1.33 bits per heavy atom. The van der Waals surface area contributed by atoms with E-state index in [1.165, 1.54) is 51.4 Å². The molecule has 0 rings (SSSR count). The molecule has 4 nitrogen and oxygen atoms in total. The Balaban J connectivity index is 0. The van der Waals surface area contributed by atoms with Gasteiger partial charge in [0.15, 0.2) is 0 Å². The van der Waals surface area contributed by atoms with Gasteiger partial charge in [-0.2, -0.15) is 0 Å². The third-order valence-electron chi connectivity index (χ3n) is 3.21. The minimum absolute atomic E-state index is 0. The van der Waals surface area contributed by atoms with E-state index in [4.69, 9.17) is 5.11 Å². The third-order valence-corrected chi connectivity index (χ3v) is 3.21. The fourth-order valence-electron chi connectivity index (χ4n) is 2.03. The quantitative estimate of drug-likeness (QED) is 0.312. The number of unbranched alkanes of at least 4 members (excludes halogenated alkanes) is 9. The van der Waals surface area contributed by atoms with E-state index in [0.717, 1.165) is 25.0 Å². The summed E-state index contributed by atoms with van der Waals surface area (Å²) >= 11 is 0. The molecule has 0 bridgehead atoms. The Hall–Kier alpha value is -0.320. The Morgan fingerprint density at radius 3 is 1.81 bits per heavy atom. The fraction of sp³-hybridized carbons (Fsp3) is 0.750. The van der Waals surface area contributed by atoms with Crippen molar-refractivity contribution in [2.24, 2.45) is 0 Å². The number of hydrogen-bond acceptors (Lipinski definition) is 2. The Morgan fingerprint density at radius 1 is 0.857 bits per heavy atom. The summed E-state index contributed by atoms with van der Waals surface area (Å²) in [6.07, 6.45) is 14.5. The first kappa shape index (κ1) is 23.0. The topological polar surface area (TPSA) is 66.4 Å². The van der Waals surface area contributed by atoms with Crippen LogP contribution < -0.4 is 5.32 Å². The van der Waals surface area contributed by atoms with E-state index in [0.29, 0.717) is 6.54 Å². The van der Waals surface area contributed by atoms with Gasteiger partial charge in [-0.3, -0.25) is 4.79 Å². The number of carbonyl (C=O) groups excluding carboxylic acids is 1. The van der Waals surface area contributed by atoms with Crippen molar-refractivity contribution in [1.82, 2.24) is 5.32 Å². The predicted octanol–water partition coefficient (Wildman–Crippen LogP) is 3.02. The summed E-state index contributed by atoms with van der Waals surface area (Å²) in [5, 5.41) is 11.0. The first-order chi connectivity index (χ1) is 9.66. The van der Waals surface area contributed by atoms with Gasteiger partial charge in [-0.05, 0) is 6.42 Å². The van der Waals surface area contributed by atoms with Crippen molar-refractivity contribution in [3.05, 3.63) is 12.2 Å². The van der Waals surface area contributed by atoms with Crippen LogP contribution in [0.3, 0.4) is 0 Å². The summed E-state index contributed by atoms with van der Waals surface area (Å²) in [6, 6.07) is 0. The van der Waals surface area contributed by atoms with Crippen molar-refractivity contribution >= 4 is 41.4 Å². The first-order valence-corrected chi connectivity index (χ1v) is 7.85. The summed E-state index contributed by atoms with van der Waals surface area (Å²) in [5.41, 5.74) is 0. The second-order valence-corrected chi connectivity index (χ2v) is 5.14. The average Bonchev–Trinajstić information content (AvgIpc) is 2.42. The van der Waals surface area contributed by atoms with Crippen LogP contribution in [0.2, 0.25) is 0 Å². The van der Waals surface area contributed by atoms with Crippen molar-refractivity contribution in [3.63, 3.8) is 0 Å². The summed E-state index contributed by atoms with van der Waals surface area (Å²) in [7, 11) is 0. The van der Waals surface area contributed by atoms with Gasteiger partial charge >= 0.3 is 35.5 Å². The molecule has 0 radical (unpaired) electrons. The molecule has 0 aromatic carbocycles. The van der Waals surface area contributed by atoms with Crippen LogP contribution in [-0.2, 0) is 9.59 Å². The number of rotatable bonds is 13. The van der Waals surface area contributed by atoms with Crippen LogP contribution in [-0.4, -0.2) is 53.1 Å². The van der Waals surface area contributed by atoms with Gasteiger partial charge in [0.1, 0.15) is 0 Å². The third kappa shape index (κ3) is 19.7. The fourth-order valence-corrected chi connectivity index (χ4v) is 2.03. The second kappa shape index (κ2) is 17.7. The van der Waals surface area contributed by atoms with Gasteiger partial charge in [-0.15, -0.1) is 0 Å². The SMILES string of the molecule is CCCCCCCCCCCCNC(=O)/C=C\C(=O)O.[NaH]. The van der Waals surface area contributed by atoms with E-state index >= 15 is 0 Å². The van der Waals surface area contributed by atoms with Crippen LogP contribution in [0, 0.1) is 0 Å². The molecule has 0 heterocycles.